The Morgan fingerprint density at radius 2 is 1.75 bits per heavy atom. The summed E-state index contributed by atoms with van der Waals surface area (Å²) >= 11 is 0. The van der Waals surface area contributed by atoms with Crippen molar-refractivity contribution in [3.63, 3.8) is 0 Å². The Bertz CT molecular complexity index is 1090. The molecule has 32 heavy (non-hydrogen) atoms. The normalized spacial score (nSPS) is 11.7. The Morgan fingerprint density at radius 1 is 1.09 bits per heavy atom. The molecule has 8 heteroatoms. The Morgan fingerprint density at radius 3 is 2.34 bits per heavy atom. The Kier molecular flexibility index (Phi) is 7.25. The molecule has 1 aromatic heterocycles. The van der Waals surface area contributed by atoms with Crippen LogP contribution in [0.5, 0.6) is 5.75 Å². The number of carbonyl (C=O) groups is 2. The maximum Gasteiger partial charge on any atom is 0.333 e. The fraction of sp³-hybridized carbons (Fsp3) is 0.292. The van der Waals surface area contributed by atoms with Crippen molar-refractivity contribution in [1.29, 1.82) is 0 Å². The number of halogens is 1. The number of hydrogen-bond donors (Lipinski definition) is 1. The minimum atomic E-state index is -1.02. The van der Waals surface area contributed by atoms with E-state index in [9.17, 15) is 14.0 Å². The van der Waals surface area contributed by atoms with Gasteiger partial charge in [-0.1, -0.05) is 12.1 Å². The van der Waals surface area contributed by atoms with Crippen LogP contribution in [0.2, 0.25) is 0 Å². The molecule has 0 aliphatic rings. The van der Waals surface area contributed by atoms with E-state index in [0.717, 1.165) is 5.56 Å². The van der Waals surface area contributed by atoms with Crippen LogP contribution in [0.25, 0.3) is 5.69 Å². The number of esters is 1. The molecular weight excluding hydrogens is 413 g/mol. The molecule has 0 aliphatic carbocycles. The first-order valence-corrected chi connectivity index (χ1v) is 10.2. The Balaban J connectivity index is 1.89. The van der Waals surface area contributed by atoms with Crippen molar-refractivity contribution in [3.05, 3.63) is 76.9 Å². The first kappa shape index (κ1) is 23.0. The zero-order valence-corrected chi connectivity index (χ0v) is 18.5. The number of nitrogens with zero attached hydrogens (tertiary/aromatic N) is 2. The minimum Gasteiger partial charge on any atom is -0.497 e. The second-order valence-corrected chi connectivity index (χ2v) is 7.25. The summed E-state index contributed by atoms with van der Waals surface area (Å²) in [5.41, 5.74) is 3.19. The van der Waals surface area contributed by atoms with E-state index in [2.05, 4.69) is 10.4 Å². The van der Waals surface area contributed by atoms with Crippen molar-refractivity contribution >= 4 is 11.9 Å². The van der Waals surface area contributed by atoms with E-state index >= 15 is 0 Å². The van der Waals surface area contributed by atoms with Crippen LogP contribution in [-0.2, 0) is 20.7 Å². The molecule has 0 fully saturated rings. The highest BCUT2D eigenvalue weighted by Crippen LogP contribution is 2.26. The maximum absolute atomic E-state index is 13.3. The molecule has 2 aromatic carbocycles. The second kappa shape index (κ2) is 10.1. The second-order valence-electron chi connectivity index (χ2n) is 7.25. The van der Waals surface area contributed by atoms with Gasteiger partial charge in [-0.2, -0.15) is 5.10 Å². The molecule has 1 amide bonds. The molecular formula is C24H26FN3O4. The lowest BCUT2D eigenvalue weighted by molar-refractivity contribution is -0.147. The fourth-order valence-corrected chi connectivity index (χ4v) is 3.52. The Hall–Kier alpha value is -3.68. The van der Waals surface area contributed by atoms with E-state index in [1.807, 2.05) is 0 Å². The lowest BCUT2D eigenvalue weighted by atomic mass is 10.0. The molecule has 3 aromatic rings. The van der Waals surface area contributed by atoms with E-state index in [1.165, 1.54) is 12.1 Å². The van der Waals surface area contributed by atoms with Gasteiger partial charge in [-0.05, 0) is 62.7 Å². The SMILES string of the molecule is CCOC(=O)[C@H](NC(=O)Cc1ccc(OC)cc1)c1c(C)nn(-c2ccc(F)cc2)c1C. The van der Waals surface area contributed by atoms with Crippen LogP contribution < -0.4 is 10.1 Å². The number of aryl methyl sites for hydroxylation is 1. The third-order valence-electron chi connectivity index (χ3n) is 5.06. The zero-order chi connectivity index (χ0) is 23.3. The summed E-state index contributed by atoms with van der Waals surface area (Å²) in [6.45, 7) is 5.43. The van der Waals surface area contributed by atoms with Gasteiger partial charge in [0.05, 0.1) is 31.5 Å². The van der Waals surface area contributed by atoms with Gasteiger partial charge in [-0.15, -0.1) is 0 Å². The number of methoxy groups -OCH3 is 1. The molecule has 0 bridgehead atoms. The van der Waals surface area contributed by atoms with Gasteiger partial charge in [0.2, 0.25) is 5.91 Å². The summed E-state index contributed by atoms with van der Waals surface area (Å²) in [6, 6.07) is 12.0. The van der Waals surface area contributed by atoms with Gasteiger partial charge in [0, 0.05) is 11.3 Å². The van der Waals surface area contributed by atoms with Crippen LogP contribution in [0.4, 0.5) is 4.39 Å². The van der Waals surface area contributed by atoms with E-state index in [4.69, 9.17) is 9.47 Å². The molecule has 1 N–H and O–H groups in total. The van der Waals surface area contributed by atoms with Crippen LogP contribution >= 0.6 is 0 Å². The number of aromatic nitrogens is 2. The van der Waals surface area contributed by atoms with Crippen molar-refractivity contribution in [3.8, 4) is 11.4 Å². The first-order valence-electron chi connectivity index (χ1n) is 10.2. The standard InChI is InChI=1S/C24H26FN3O4/c1-5-32-24(30)23(26-21(29)14-17-6-12-20(31-4)13-7-17)22-15(2)27-28(16(22)3)19-10-8-18(25)9-11-19/h6-13,23H,5,14H2,1-4H3,(H,26,29)/t23-/m1/s1. The number of amides is 1. The van der Waals surface area contributed by atoms with Crippen molar-refractivity contribution in [2.45, 2.75) is 33.2 Å². The molecule has 3 rings (SSSR count). The average Bonchev–Trinajstić information content (AvgIpc) is 3.07. The number of benzene rings is 2. The highest BCUT2D eigenvalue weighted by molar-refractivity contribution is 5.87. The summed E-state index contributed by atoms with van der Waals surface area (Å²) in [7, 11) is 1.57. The van der Waals surface area contributed by atoms with Crippen LogP contribution in [-0.4, -0.2) is 35.4 Å². The quantitative estimate of drug-likeness (QED) is 0.543. The highest BCUT2D eigenvalue weighted by Gasteiger charge is 2.30. The number of ether oxygens (including phenoxy) is 2. The number of hydrogen-bond acceptors (Lipinski definition) is 5. The van der Waals surface area contributed by atoms with Gasteiger partial charge in [-0.25, -0.2) is 13.9 Å². The summed E-state index contributed by atoms with van der Waals surface area (Å²) in [6.07, 6.45) is 0.0874. The predicted octanol–water partition coefficient (Wildman–Crippen LogP) is 3.60. The fourth-order valence-electron chi connectivity index (χ4n) is 3.52. The topological polar surface area (TPSA) is 82.4 Å². The van der Waals surface area contributed by atoms with Crippen molar-refractivity contribution in [2.24, 2.45) is 0 Å². The maximum atomic E-state index is 13.3. The van der Waals surface area contributed by atoms with Crippen LogP contribution in [0.15, 0.2) is 48.5 Å². The average molecular weight is 439 g/mol. The highest BCUT2D eigenvalue weighted by atomic mass is 19.1. The minimum absolute atomic E-state index is 0.0874. The molecule has 0 spiro atoms. The number of rotatable bonds is 8. The van der Waals surface area contributed by atoms with Crippen LogP contribution in [0.1, 0.15) is 35.5 Å². The smallest absolute Gasteiger partial charge is 0.333 e. The van der Waals surface area contributed by atoms with Gasteiger partial charge in [-0.3, -0.25) is 4.79 Å². The van der Waals surface area contributed by atoms with Gasteiger partial charge >= 0.3 is 5.97 Å². The van der Waals surface area contributed by atoms with Crippen LogP contribution in [0, 0.1) is 19.7 Å². The molecule has 1 atom stereocenters. The van der Waals surface area contributed by atoms with Gasteiger partial charge in [0.1, 0.15) is 11.6 Å². The number of nitrogens with one attached hydrogen (secondary N) is 1. The number of carbonyl (C=O) groups excluding carboxylic acids is 2. The van der Waals surface area contributed by atoms with Crippen molar-refractivity contribution < 1.29 is 23.5 Å². The third-order valence-corrected chi connectivity index (χ3v) is 5.06. The molecule has 0 radical (unpaired) electrons. The van der Waals surface area contributed by atoms with E-state index in [-0.39, 0.29) is 24.8 Å². The predicted molar refractivity (Wildman–Crippen MR) is 117 cm³/mol. The lowest BCUT2D eigenvalue weighted by Crippen LogP contribution is -2.36. The summed E-state index contributed by atoms with van der Waals surface area (Å²) in [5, 5.41) is 7.30. The van der Waals surface area contributed by atoms with E-state index in [1.54, 1.807) is 69.0 Å². The van der Waals surface area contributed by atoms with Gasteiger partial charge in [0.25, 0.3) is 0 Å². The van der Waals surface area contributed by atoms with Gasteiger partial charge < -0.3 is 14.8 Å². The Labute approximate surface area is 186 Å². The monoisotopic (exact) mass is 439 g/mol. The molecule has 0 saturated heterocycles. The summed E-state index contributed by atoms with van der Waals surface area (Å²) in [4.78, 5) is 25.5. The van der Waals surface area contributed by atoms with Gasteiger partial charge in [0.15, 0.2) is 6.04 Å². The van der Waals surface area contributed by atoms with E-state index < -0.39 is 12.0 Å². The van der Waals surface area contributed by atoms with E-state index in [0.29, 0.717) is 28.4 Å². The first-order chi connectivity index (χ1) is 15.3. The summed E-state index contributed by atoms with van der Waals surface area (Å²) in [5.74, 6) is -0.564. The molecule has 7 nitrogen and oxygen atoms in total. The van der Waals surface area contributed by atoms with Crippen molar-refractivity contribution in [1.82, 2.24) is 15.1 Å². The van der Waals surface area contributed by atoms with Crippen molar-refractivity contribution in [2.75, 3.05) is 13.7 Å². The summed E-state index contributed by atoms with van der Waals surface area (Å²) < 4.78 is 25.3. The molecule has 0 unspecified atom stereocenters. The molecule has 0 aliphatic heterocycles. The molecule has 0 saturated carbocycles. The van der Waals surface area contributed by atoms with Crippen LogP contribution in [0.3, 0.4) is 0 Å². The lowest BCUT2D eigenvalue weighted by Gasteiger charge is -2.18. The zero-order valence-electron chi connectivity index (χ0n) is 18.5. The third kappa shape index (κ3) is 5.14. The largest absolute Gasteiger partial charge is 0.497 e. The molecule has 168 valence electrons. The molecule has 1 heterocycles.